The number of hydrogen-bond donors (Lipinski definition) is 2. The number of benzene rings is 3. The van der Waals surface area contributed by atoms with Crippen molar-refractivity contribution in [2.24, 2.45) is 0 Å². The number of aryl methyl sites for hydroxylation is 2. The number of aromatic amines is 2. The van der Waals surface area contributed by atoms with Crippen molar-refractivity contribution in [2.75, 3.05) is 0 Å². The van der Waals surface area contributed by atoms with Crippen molar-refractivity contribution in [3.63, 3.8) is 0 Å². The van der Waals surface area contributed by atoms with Gasteiger partial charge < -0.3 is 4.74 Å². The Kier molecular flexibility index (Phi) is 6.31. The number of para-hydroxylation sites is 2. The Bertz CT molecular complexity index is 1580. The minimum Gasteiger partial charge on any atom is -0.406 e. The van der Waals surface area contributed by atoms with Crippen molar-refractivity contribution in [1.29, 1.82) is 0 Å². The van der Waals surface area contributed by atoms with E-state index in [4.69, 9.17) is 0 Å². The van der Waals surface area contributed by atoms with Crippen molar-refractivity contribution in [1.82, 2.24) is 19.6 Å². The fourth-order valence-corrected chi connectivity index (χ4v) is 4.66. The van der Waals surface area contributed by atoms with Crippen molar-refractivity contribution in [3.8, 4) is 17.1 Å². The van der Waals surface area contributed by atoms with Crippen LogP contribution in [0.2, 0.25) is 0 Å². The van der Waals surface area contributed by atoms with Crippen LogP contribution in [0.1, 0.15) is 34.0 Å². The molecule has 0 aliphatic heterocycles. The first kappa shape index (κ1) is 24.9. The molecule has 0 spiro atoms. The zero-order chi connectivity index (χ0) is 27.0. The van der Waals surface area contributed by atoms with Gasteiger partial charge in [-0.2, -0.15) is 0 Å². The van der Waals surface area contributed by atoms with Gasteiger partial charge in [-0.3, -0.25) is 19.8 Å². The van der Waals surface area contributed by atoms with Crippen molar-refractivity contribution >= 4 is 0 Å². The topological polar surface area (TPSA) is 84.8 Å². The van der Waals surface area contributed by atoms with E-state index in [0.717, 1.165) is 0 Å². The maximum absolute atomic E-state index is 13.8. The van der Waals surface area contributed by atoms with Crippen LogP contribution in [0.25, 0.3) is 11.4 Å². The second kappa shape index (κ2) is 9.62. The molecule has 2 N–H and O–H groups in total. The van der Waals surface area contributed by atoms with E-state index in [2.05, 4.69) is 14.9 Å². The molecule has 5 aromatic rings. The first-order chi connectivity index (χ1) is 18.1. The van der Waals surface area contributed by atoms with E-state index in [1.54, 1.807) is 62.4 Å². The highest BCUT2D eigenvalue weighted by molar-refractivity contribution is 5.48. The van der Waals surface area contributed by atoms with Gasteiger partial charge in [0.1, 0.15) is 5.75 Å². The number of rotatable bonds is 6. The third kappa shape index (κ3) is 4.68. The van der Waals surface area contributed by atoms with Gasteiger partial charge >= 0.3 is 6.36 Å². The van der Waals surface area contributed by atoms with Gasteiger partial charge in [-0.25, -0.2) is 9.36 Å². The van der Waals surface area contributed by atoms with E-state index in [1.807, 2.05) is 12.1 Å². The van der Waals surface area contributed by atoms with Crippen LogP contribution in [-0.2, 0) is 0 Å². The molecule has 38 heavy (non-hydrogen) atoms. The summed E-state index contributed by atoms with van der Waals surface area (Å²) in [5, 5.41) is 6.16. The molecule has 2 heterocycles. The van der Waals surface area contributed by atoms with Gasteiger partial charge in [0, 0.05) is 17.3 Å². The number of nitrogens with one attached hydrogen (secondary N) is 2. The Morgan fingerprint density at radius 2 is 1.11 bits per heavy atom. The molecule has 0 aliphatic rings. The van der Waals surface area contributed by atoms with Crippen LogP contribution in [-0.4, -0.2) is 25.9 Å². The van der Waals surface area contributed by atoms with E-state index < -0.39 is 18.0 Å². The smallest absolute Gasteiger partial charge is 0.406 e. The van der Waals surface area contributed by atoms with Crippen molar-refractivity contribution in [3.05, 3.63) is 134 Å². The lowest BCUT2D eigenvalue weighted by molar-refractivity contribution is -0.274. The summed E-state index contributed by atoms with van der Waals surface area (Å²) < 4.78 is 45.0. The number of nitrogens with zero attached hydrogens (tertiary/aromatic N) is 2. The summed E-state index contributed by atoms with van der Waals surface area (Å²) in [7, 11) is 0. The van der Waals surface area contributed by atoms with Gasteiger partial charge in [-0.1, -0.05) is 48.5 Å². The molecule has 0 bridgehead atoms. The zero-order valence-electron chi connectivity index (χ0n) is 20.4. The Morgan fingerprint density at radius 1 is 0.684 bits per heavy atom. The molecule has 0 radical (unpaired) electrons. The molecular weight excluding hydrogens is 497 g/mol. The van der Waals surface area contributed by atoms with Gasteiger partial charge in [-0.05, 0) is 55.8 Å². The molecule has 3 aromatic carbocycles. The van der Waals surface area contributed by atoms with E-state index in [-0.39, 0.29) is 11.1 Å². The summed E-state index contributed by atoms with van der Waals surface area (Å²) in [6, 6.07) is 23.1. The molecule has 0 aliphatic carbocycles. The number of halogens is 3. The first-order valence-electron chi connectivity index (χ1n) is 11.7. The molecule has 0 atom stereocenters. The predicted octanol–water partition coefficient (Wildman–Crippen LogP) is 5.34. The minimum absolute atomic E-state index is 0.303. The van der Waals surface area contributed by atoms with E-state index in [0.29, 0.717) is 39.5 Å². The van der Waals surface area contributed by atoms with Crippen LogP contribution >= 0.6 is 0 Å². The highest BCUT2D eigenvalue weighted by atomic mass is 19.4. The summed E-state index contributed by atoms with van der Waals surface area (Å²) in [5.41, 5.74) is 2.56. The van der Waals surface area contributed by atoms with E-state index >= 15 is 0 Å². The fourth-order valence-electron chi connectivity index (χ4n) is 4.66. The summed E-state index contributed by atoms with van der Waals surface area (Å²) in [6.07, 6.45) is -4.85. The summed E-state index contributed by atoms with van der Waals surface area (Å²) in [6.45, 7) is 3.45. The van der Waals surface area contributed by atoms with Crippen LogP contribution < -0.4 is 15.9 Å². The van der Waals surface area contributed by atoms with Crippen LogP contribution in [0.5, 0.6) is 5.75 Å². The number of hydrogen-bond acceptors (Lipinski definition) is 3. The van der Waals surface area contributed by atoms with E-state index in [1.165, 1.54) is 33.6 Å². The number of aromatic nitrogens is 4. The largest absolute Gasteiger partial charge is 0.573 e. The van der Waals surface area contributed by atoms with Gasteiger partial charge in [0.25, 0.3) is 11.1 Å². The molecule has 0 unspecified atom stereocenters. The molecular formula is C28H23F3N4O3. The molecule has 0 saturated carbocycles. The average Bonchev–Trinajstić information content (AvgIpc) is 3.35. The number of ether oxygens (including phenoxy) is 1. The second-order valence-corrected chi connectivity index (χ2v) is 8.80. The molecule has 2 aromatic heterocycles. The molecule has 0 saturated heterocycles. The third-order valence-corrected chi connectivity index (χ3v) is 6.29. The Balaban J connectivity index is 1.72. The molecule has 10 heteroatoms. The van der Waals surface area contributed by atoms with E-state index in [9.17, 15) is 22.8 Å². The normalized spacial score (nSPS) is 11.7. The molecule has 0 amide bonds. The highest BCUT2D eigenvalue weighted by Gasteiger charge is 2.33. The van der Waals surface area contributed by atoms with Gasteiger partial charge in [0.05, 0.1) is 22.5 Å². The number of H-pyrrole nitrogens is 2. The number of alkyl halides is 3. The van der Waals surface area contributed by atoms with Crippen LogP contribution in [0.15, 0.2) is 94.5 Å². The minimum atomic E-state index is -4.85. The Labute approximate surface area is 214 Å². The first-order valence-corrected chi connectivity index (χ1v) is 11.7. The molecule has 0 fully saturated rings. The van der Waals surface area contributed by atoms with Crippen LogP contribution in [0.3, 0.4) is 0 Å². The fraction of sp³-hybridized carbons (Fsp3) is 0.143. The Morgan fingerprint density at radius 3 is 1.50 bits per heavy atom. The standard InChI is InChI=1S/C28H23F3N4O3/c1-17-23(26(36)34(32-17)20-9-5-3-6-10-20)25(19-13-15-22(16-14-19)38-28(29,30)31)24-18(2)33-35(27(24)37)21-11-7-4-8-12-21/h3-16,25,32-33H,1-2H3. The monoisotopic (exact) mass is 520 g/mol. The average molecular weight is 521 g/mol. The molecule has 5 rings (SSSR count). The lowest BCUT2D eigenvalue weighted by atomic mass is 9.85. The maximum atomic E-state index is 13.8. The van der Waals surface area contributed by atoms with Crippen LogP contribution in [0, 0.1) is 13.8 Å². The van der Waals surface area contributed by atoms with Crippen molar-refractivity contribution < 1.29 is 17.9 Å². The lowest BCUT2D eigenvalue weighted by Crippen LogP contribution is -2.25. The molecule has 194 valence electrons. The third-order valence-electron chi connectivity index (χ3n) is 6.29. The van der Waals surface area contributed by atoms with Crippen molar-refractivity contribution in [2.45, 2.75) is 26.1 Å². The Hall–Kier alpha value is -4.73. The zero-order valence-corrected chi connectivity index (χ0v) is 20.4. The quantitative estimate of drug-likeness (QED) is 0.317. The van der Waals surface area contributed by atoms with Gasteiger partial charge in [0.15, 0.2) is 0 Å². The summed E-state index contributed by atoms with van der Waals surface area (Å²) in [4.78, 5) is 27.5. The SMILES string of the molecule is Cc1[nH]n(-c2ccccc2)c(=O)c1C(c1ccc(OC(F)(F)F)cc1)c1c(C)[nH]n(-c2ccccc2)c1=O. The summed E-state index contributed by atoms with van der Waals surface area (Å²) in [5.74, 6) is -1.28. The second-order valence-electron chi connectivity index (χ2n) is 8.80. The van der Waals surface area contributed by atoms with Crippen LogP contribution in [0.4, 0.5) is 13.2 Å². The summed E-state index contributed by atoms with van der Waals surface area (Å²) >= 11 is 0. The highest BCUT2D eigenvalue weighted by Crippen LogP contribution is 2.34. The van der Waals surface area contributed by atoms with Gasteiger partial charge in [0.2, 0.25) is 0 Å². The van der Waals surface area contributed by atoms with Gasteiger partial charge in [-0.15, -0.1) is 13.2 Å². The molecule has 7 nitrogen and oxygen atoms in total. The maximum Gasteiger partial charge on any atom is 0.573 e. The lowest BCUT2D eigenvalue weighted by Gasteiger charge is -2.17. The predicted molar refractivity (Wildman–Crippen MR) is 136 cm³/mol.